The van der Waals surface area contributed by atoms with E-state index < -0.39 is 10.0 Å². The zero-order valence-electron chi connectivity index (χ0n) is 11.2. The van der Waals surface area contributed by atoms with Gasteiger partial charge in [0.1, 0.15) is 4.90 Å². The summed E-state index contributed by atoms with van der Waals surface area (Å²) in [6.07, 6.45) is 1.73. The van der Waals surface area contributed by atoms with Crippen molar-refractivity contribution in [2.24, 2.45) is 12.8 Å². The molecule has 2 aromatic rings. The molecule has 0 fully saturated rings. The van der Waals surface area contributed by atoms with E-state index in [9.17, 15) is 8.42 Å². The molecule has 2 rings (SSSR count). The van der Waals surface area contributed by atoms with Gasteiger partial charge >= 0.3 is 0 Å². The second-order valence-electron chi connectivity index (χ2n) is 4.35. The van der Waals surface area contributed by atoms with E-state index >= 15 is 0 Å². The molecule has 0 radical (unpaired) electrons. The molecule has 114 valence electrons. The van der Waals surface area contributed by atoms with Gasteiger partial charge in [-0.25, -0.2) is 13.1 Å². The van der Waals surface area contributed by atoms with Gasteiger partial charge in [0, 0.05) is 30.4 Å². The van der Waals surface area contributed by atoms with Crippen LogP contribution in [0.4, 0.5) is 0 Å². The fourth-order valence-corrected chi connectivity index (χ4v) is 3.70. The number of halogens is 2. The van der Waals surface area contributed by atoms with Crippen molar-refractivity contribution in [2.45, 2.75) is 18.0 Å². The third-order valence-electron chi connectivity index (χ3n) is 2.86. The Balaban J connectivity index is 2.27. The number of aryl methyl sites for hydroxylation is 1. The molecule has 6 nitrogen and oxygen atoms in total. The average Bonchev–Trinajstić information content (AvgIpc) is 2.83. The topological polar surface area (TPSA) is 90.0 Å². The number of benzene rings is 1. The average molecular weight is 349 g/mol. The van der Waals surface area contributed by atoms with Crippen molar-refractivity contribution in [3.63, 3.8) is 0 Å². The highest BCUT2D eigenvalue weighted by atomic mass is 35.5. The zero-order chi connectivity index (χ0) is 15.6. The third kappa shape index (κ3) is 3.56. The maximum atomic E-state index is 12.3. The Hall–Kier alpha value is -1.12. The van der Waals surface area contributed by atoms with Crippen LogP contribution in [0.3, 0.4) is 0 Å². The number of rotatable bonds is 5. The highest BCUT2D eigenvalue weighted by molar-refractivity contribution is 7.89. The first-order valence-corrected chi connectivity index (χ1v) is 8.24. The van der Waals surface area contributed by atoms with E-state index in [0.717, 1.165) is 0 Å². The number of hydrogen-bond donors (Lipinski definition) is 2. The molecule has 0 amide bonds. The summed E-state index contributed by atoms with van der Waals surface area (Å²) in [7, 11) is -2.02. The van der Waals surface area contributed by atoms with Crippen LogP contribution in [-0.4, -0.2) is 18.2 Å². The van der Waals surface area contributed by atoms with Crippen LogP contribution in [0.1, 0.15) is 11.3 Å². The lowest BCUT2D eigenvalue weighted by Crippen LogP contribution is -2.24. The molecule has 1 aromatic heterocycles. The second kappa shape index (κ2) is 6.33. The summed E-state index contributed by atoms with van der Waals surface area (Å²) in [6.45, 7) is 0.126. The van der Waals surface area contributed by atoms with Crippen LogP contribution in [0.25, 0.3) is 0 Å². The molecule has 3 N–H and O–H groups in total. The second-order valence-corrected chi connectivity index (χ2v) is 6.87. The maximum absolute atomic E-state index is 12.3. The van der Waals surface area contributed by atoms with Crippen LogP contribution in [0.5, 0.6) is 0 Å². The Morgan fingerprint density at radius 2 is 2.05 bits per heavy atom. The van der Waals surface area contributed by atoms with Crippen LogP contribution < -0.4 is 10.5 Å². The highest BCUT2D eigenvalue weighted by Crippen LogP contribution is 2.30. The van der Waals surface area contributed by atoms with Crippen LogP contribution >= 0.6 is 23.2 Å². The van der Waals surface area contributed by atoms with Gasteiger partial charge < -0.3 is 5.73 Å². The van der Waals surface area contributed by atoms with Gasteiger partial charge in [0.05, 0.1) is 17.3 Å². The predicted octanol–water partition coefficient (Wildman–Crippen LogP) is 1.66. The lowest BCUT2D eigenvalue weighted by Gasteiger charge is -2.11. The molecule has 0 unspecified atom stereocenters. The van der Waals surface area contributed by atoms with Crippen LogP contribution in [0.2, 0.25) is 10.0 Å². The first kappa shape index (κ1) is 16.3. The molecule has 0 bridgehead atoms. The van der Waals surface area contributed by atoms with Gasteiger partial charge in [-0.1, -0.05) is 23.2 Å². The summed E-state index contributed by atoms with van der Waals surface area (Å²) in [4.78, 5) is -0.0510. The van der Waals surface area contributed by atoms with Crippen LogP contribution in [0.15, 0.2) is 29.3 Å². The van der Waals surface area contributed by atoms with E-state index in [1.54, 1.807) is 24.0 Å². The van der Waals surface area contributed by atoms with Gasteiger partial charge in [-0.3, -0.25) is 4.68 Å². The van der Waals surface area contributed by atoms with Gasteiger partial charge in [0.15, 0.2) is 0 Å². The minimum atomic E-state index is -3.77. The quantitative estimate of drug-likeness (QED) is 0.859. The Labute approximate surface area is 132 Å². The number of nitrogens with zero attached hydrogens (tertiary/aromatic N) is 2. The first-order valence-electron chi connectivity index (χ1n) is 6.00. The van der Waals surface area contributed by atoms with Gasteiger partial charge in [-0.05, 0) is 18.2 Å². The lowest BCUT2D eigenvalue weighted by atomic mass is 10.2. The molecule has 0 aliphatic carbocycles. The van der Waals surface area contributed by atoms with Crippen molar-refractivity contribution in [3.8, 4) is 0 Å². The Kier molecular flexibility index (Phi) is 4.90. The normalized spacial score (nSPS) is 11.8. The van der Waals surface area contributed by atoms with Crippen molar-refractivity contribution in [1.82, 2.24) is 14.5 Å². The minimum absolute atomic E-state index is 0.0403. The van der Waals surface area contributed by atoms with E-state index in [2.05, 4.69) is 9.82 Å². The molecular formula is C12H14Cl2N4O2S. The fraction of sp³-hybridized carbons (Fsp3) is 0.250. The molecule has 0 aliphatic heterocycles. The molecular weight excluding hydrogens is 335 g/mol. The largest absolute Gasteiger partial charge is 0.326 e. The van der Waals surface area contributed by atoms with Gasteiger partial charge in [-0.2, -0.15) is 5.10 Å². The number of hydrogen-bond acceptors (Lipinski definition) is 4. The molecule has 1 aromatic carbocycles. The summed E-state index contributed by atoms with van der Waals surface area (Å²) in [6, 6.07) is 4.53. The highest BCUT2D eigenvalue weighted by Gasteiger charge is 2.21. The van der Waals surface area contributed by atoms with Crippen LogP contribution in [-0.2, 0) is 30.2 Å². The van der Waals surface area contributed by atoms with Crippen molar-refractivity contribution in [1.29, 1.82) is 0 Å². The van der Waals surface area contributed by atoms with Crippen molar-refractivity contribution >= 4 is 33.2 Å². The van der Waals surface area contributed by atoms with E-state index in [4.69, 9.17) is 28.9 Å². The van der Waals surface area contributed by atoms with Gasteiger partial charge in [-0.15, -0.1) is 0 Å². The Morgan fingerprint density at radius 1 is 1.33 bits per heavy atom. The monoisotopic (exact) mass is 348 g/mol. The summed E-state index contributed by atoms with van der Waals surface area (Å²) >= 11 is 12.0. The molecule has 1 heterocycles. The predicted molar refractivity (Wildman–Crippen MR) is 81.6 cm³/mol. The molecule has 21 heavy (non-hydrogen) atoms. The van der Waals surface area contributed by atoms with Crippen molar-refractivity contribution in [2.75, 3.05) is 0 Å². The summed E-state index contributed by atoms with van der Waals surface area (Å²) in [5, 5.41) is 4.47. The van der Waals surface area contributed by atoms with E-state index in [0.29, 0.717) is 16.3 Å². The molecule has 0 spiro atoms. The van der Waals surface area contributed by atoms with E-state index in [1.165, 1.54) is 12.1 Å². The molecule has 0 saturated carbocycles. The summed E-state index contributed by atoms with van der Waals surface area (Å²) in [5.74, 6) is 0. The van der Waals surface area contributed by atoms with Crippen molar-refractivity contribution < 1.29 is 8.42 Å². The van der Waals surface area contributed by atoms with Crippen molar-refractivity contribution in [3.05, 3.63) is 45.7 Å². The first-order chi connectivity index (χ1) is 9.85. The Bertz CT molecular complexity index is 759. The fourth-order valence-electron chi connectivity index (χ4n) is 1.77. The lowest BCUT2D eigenvalue weighted by molar-refractivity contribution is 0.579. The minimum Gasteiger partial charge on any atom is -0.326 e. The van der Waals surface area contributed by atoms with Gasteiger partial charge in [0.25, 0.3) is 0 Å². The molecule has 0 aliphatic rings. The molecule has 0 saturated heterocycles. The van der Waals surface area contributed by atoms with E-state index in [1.807, 2.05) is 0 Å². The summed E-state index contributed by atoms with van der Waals surface area (Å²) < 4.78 is 28.6. The SMILES string of the molecule is Cn1ccc(CNS(=O)(=O)c2ccc(Cl)c(CN)c2Cl)n1. The number of aromatic nitrogens is 2. The Morgan fingerprint density at radius 3 is 2.62 bits per heavy atom. The van der Waals surface area contributed by atoms with Gasteiger partial charge in [0.2, 0.25) is 10.0 Å². The number of sulfonamides is 1. The number of nitrogens with two attached hydrogens (primary N) is 1. The summed E-state index contributed by atoms with van der Waals surface area (Å²) in [5.41, 5.74) is 6.54. The maximum Gasteiger partial charge on any atom is 0.242 e. The standard InChI is InChI=1S/C12H14Cl2N4O2S/c1-18-5-4-8(17-18)7-16-21(19,20)11-3-2-10(13)9(6-15)12(11)14/h2-5,16H,6-7,15H2,1H3. The zero-order valence-corrected chi connectivity index (χ0v) is 13.5. The smallest absolute Gasteiger partial charge is 0.242 e. The van der Waals surface area contributed by atoms with E-state index in [-0.39, 0.29) is 23.0 Å². The number of nitrogens with one attached hydrogen (secondary N) is 1. The molecule has 0 atom stereocenters. The third-order valence-corrected chi connectivity index (χ3v) is 5.20. The molecule has 9 heteroatoms. The van der Waals surface area contributed by atoms with Crippen LogP contribution in [0, 0.1) is 0 Å².